The first-order valence-corrected chi connectivity index (χ1v) is 8.84. The van der Waals surface area contributed by atoms with E-state index in [0.717, 1.165) is 12.8 Å². The number of hydrogen-bond donors (Lipinski definition) is 4. The summed E-state index contributed by atoms with van der Waals surface area (Å²) >= 11 is 0. The zero-order valence-corrected chi connectivity index (χ0v) is 15.1. The van der Waals surface area contributed by atoms with Crippen molar-refractivity contribution in [2.75, 3.05) is 32.7 Å². The molecule has 2 aliphatic heterocycles. The van der Waals surface area contributed by atoms with Gasteiger partial charge in [-0.2, -0.15) is 0 Å². The minimum Gasteiger partial charge on any atom is -0.357 e. The monoisotopic (exact) mass is 352 g/mol. The van der Waals surface area contributed by atoms with Gasteiger partial charge >= 0.3 is 6.03 Å². The summed E-state index contributed by atoms with van der Waals surface area (Å²) in [6.45, 7) is 8.44. The van der Waals surface area contributed by atoms with Gasteiger partial charge in [0.2, 0.25) is 5.91 Å². The summed E-state index contributed by atoms with van der Waals surface area (Å²) < 4.78 is 0. The van der Waals surface area contributed by atoms with Crippen molar-refractivity contribution in [3.05, 3.63) is 0 Å². The lowest BCUT2D eigenvalue weighted by Gasteiger charge is -2.39. The lowest BCUT2D eigenvalue weighted by molar-refractivity contribution is -0.125. The predicted molar refractivity (Wildman–Crippen MR) is 94.0 cm³/mol. The van der Waals surface area contributed by atoms with Gasteiger partial charge in [0.1, 0.15) is 12.1 Å². The van der Waals surface area contributed by atoms with Crippen LogP contribution in [-0.4, -0.2) is 67.0 Å². The van der Waals surface area contributed by atoms with Gasteiger partial charge in [0.15, 0.2) is 5.96 Å². The molecule has 0 saturated carbocycles. The van der Waals surface area contributed by atoms with E-state index in [-0.39, 0.29) is 24.3 Å². The molecule has 2 fully saturated rings. The molecule has 2 heterocycles. The fraction of sp³-hybridized carbons (Fsp3) is 0.750. The van der Waals surface area contributed by atoms with Crippen LogP contribution in [0, 0.1) is 5.92 Å². The molecular weight excluding hydrogens is 324 g/mol. The van der Waals surface area contributed by atoms with Gasteiger partial charge in [-0.3, -0.25) is 14.9 Å². The maximum absolute atomic E-state index is 12.1. The Morgan fingerprint density at radius 2 is 1.88 bits per heavy atom. The number of urea groups is 1. The average Bonchev–Trinajstić information content (AvgIpc) is 2.85. The van der Waals surface area contributed by atoms with E-state index in [1.807, 2.05) is 13.8 Å². The third-order valence-corrected chi connectivity index (χ3v) is 4.76. The van der Waals surface area contributed by atoms with E-state index < -0.39 is 11.6 Å². The first-order valence-electron chi connectivity index (χ1n) is 8.84. The van der Waals surface area contributed by atoms with Crippen LogP contribution < -0.4 is 21.3 Å². The summed E-state index contributed by atoms with van der Waals surface area (Å²) in [6.07, 6.45) is 1.52. The third-order valence-electron chi connectivity index (χ3n) is 4.76. The molecule has 0 spiro atoms. The number of imide groups is 1. The zero-order chi connectivity index (χ0) is 18.4. The Kier molecular flexibility index (Phi) is 6.22. The molecular formula is C16H28N6O3. The molecule has 9 heteroatoms. The molecule has 0 aromatic rings. The topological polar surface area (TPSA) is 115 Å². The molecule has 0 radical (unpaired) electrons. The van der Waals surface area contributed by atoms with Crippen molar-refractivity contribution in [1.29, 1.82) is 0 Å². The molecule has 2 aliphatic rings. The van der Waals surface area contributed by atoms with Gasteiger partial charge < -0.3 is 20.9 Å². The predicted octanol–water partition coefficient (Wildman–Crippen LogP) is -0.602. The van der Waals surface area contributed by atoms with Crippen LogP contribution in [0.3, 0.4) is 0 Å². The van der Waals surface area contributed by atoms with Crippen molar-refractivity contribution < 1.29 is 14.4 Å². The first-order chi connectivity index (χ1) is 11.9. The third kappa shape index (κ3) is 4.40. The molecule has 0 aliphatic carbocycles. The molecule has 0 bridgehead atoms. The van der Waals surface area contributed by atoms with Crippen LogP contribution in [-0.2, 0) is 9.59 Å². The quantitative estimate of drug-likeness (QED) is 0.300. The smallest absolute Gasteiger partial charge is 0.322 e. The summed E-state index contributed by atoms with van der Waals surface area (Å²) in [5.74, 6) is 0.414. The SMILES string of the molecule is CCNC(=O)CN=C(NCC)N1CCC(C2(C)NC(=O)NC2=O)CC1. The normalized spacial score (nSPS) is 24.8. The molecule has 1 unspecified atom stereocenters. The zero-order valence-electron chi connectivity index (χ0n) is 15.1. The molecule has 2 rings (SSSR count). The maximum atomic E-state index is 12.1. The van der Waals surface area contributed by atoms with E-state index in [0.29, 0.717) is 32.1 Å². The molecule has 1 atom stereocenters. The number of guanidine groups is 1. The molecule has 0 aromatic carbocycles. The minimum absolute atomic E-state index is 0.0708. The molecule has 4 amide bonds. The Hall–Kier alpha value is -2.32. The summed E-state index contributed by atoms with van der Waals surface area (Å²) in [5, 5.41) is 11.0. The number of aliphatic imine (C=N–C) groups is 1. The summed E-state index contributed by atoms with van der Waals surface area (Å²) in [6, 6.07) is -0.424. The highest BCUT2D eigenvalue weighted by Gasteiger charge is 2.48. The van der Waals surface area contributed by atoms with Crippen LogP contribution in [0.1, 0.15) is 33.6 Å². The lowest BCUT2D eigenvalue weighted by Crippen LogP contribution is -2.55. The Morgan fingerprint density at radius 3 is 2.40 bits per heavy atom. The fourth-order valence-corrected chi connectivity index (χ4v) is 3.34. The maximum Gasteiger partial charge on any atom is 0.322 e. The number of nitrogens with zero attached hydrogens (tertiary/aromatic N) is 2. The Balaban J connectivity index is 1.96. The van der Waals surface area contributed by atoms with Crippen molar-refractivity contribution in [3.63, 3.8) is 0 Å². The molecule has 2 saturated heterocycles. The summed E-state index contributed by atoms with van der Waals surface area (Å²) in [7, 11) is 0. The van der Waals surface area contributed by atoms with E-state index in [2.05, 4.69) is 31.2 Å². The van der Waals surface area contributed by atoms with Crippen molar-refractivity contribution >= 4 is 23.8 Å². The van der Waals surface area contributed by atoms with Crippen LogP contribution in [0.5, 0.6) is 0 Å². The van der Waals surface area contributed by atoms with Crippen molar-refractivity contribution in [2.45, 2.75) is 39.2 Å². The van der Waals surface area contributed by atoms with E-state index in [1.54, 1.807) is 6.92 Å². The lowest BCUT2D eigenvalue weighted by atomic mass is 9.79. The van der Waals surface area contributed by atoms with E-state index in [4.69, 9.17) is 0 Å². The van der Waals surface area contributed by atoms with Gasteiger partial charge in [0, 0.05) is 26.2 Å². The molecule has 25 heavy (non-hydrogen) atoms. The molecule has 0 aromatic heterocycles. The van der Waals surface area contributed by atoms with E-state index >= 15 is 0 Å². The Labute approximate surface area is 148 Å². The number of piperidine rings is 1. The highest BCUT2D eigenvalue weighted by Crippen LogP contribution is 2.30. The molecule has 140 valence electrons. The summed E-state index contributed by atoms with van der Waals surface area (Å²) in [5.41, 5.74) is -0.848. The van der Waals surface area contributed by atoms with Gasteiger partial charge in [-0.15, -0.1) is 0 Å². The average molecular weight is 352 g/mol. The van der Waals surface area contributed by atoms with Gasteiger partial charge in [-0.1, -0.05) is 0 Å². The van der Waals surface area contributed by atoms with Crippen LogP contribution in [0.25, 0.3) is 0 Å². The number of likely N-dealkylation sites (tertiary alicyclic amines) is 1. The van der Waals surface area contributed by atoms with Gasteiger partial charge in [0.25, 0.3) is 5.91 Å². The Bertz CT molecular complexity index is 556. The number of likely N-dealkylation sites (N-methyl/N-ethyl adjacent to an activating group) is 1. The fourth-order valence-electron chi connectivity index (χ4n) is 3.34. The highest BCUT2D eigenvalue weighted by atomic mass is 16.2. The van der Waals surface area contributed by atoms with Crippen molar-refractivity contribution in [1.82, 2.24) is 26.2 Å². The largest absolute Gasteiger partial charge is 0.357 e. The van der Waals surface area contributed by atoms with Crippen LogP contribution in [0.2, 0.25) is 0 Å². The van der Waals surface area contributed by atoms with Crippen molar-refractivity contribution in [2.24, 2.45) is 10.9 Å². The number of rotatable bonds is 5. The summed E-state index contributed by atoms with van der Waals surface area (Å²) in [4.78, 5) is 41.6. The van der Waals surface area contributed by atoms with E-state index in [9.17, 15) is 14.4 Å². The van der Waals surface area contributed by atoms with Crippen LogP contribution in [0.4, 0.5) is 4.79 Å². The Morgan fingerprint density at radius 1 is 1.24 bits per heavy atom. The number of carbonyl (C=O) groups is 3. The standard InChI is InChI=1S/C16H28N6O3/c1-4-17-12(23)10-19-14(18-5-2)22-8-6-11(7-9-22)16(3)13(24)20-15(25)21-16/h11H,4-10H2,1-3H3,(H,17,23)(H,18,19)(H2,20,21,24,25). The van der Waals surface area contributed by atoms with Gasteiger partial charge in [-0.25, -0.2) is 9.79 Å². The van der Waals surface area contributed by atoms with E-state index in [1.165, 1.54) is 0 Å². The minimum atomic E-state index is -0.848. The second kappa shape index (κ2) is 8.17. The number of nitrogens with one attached hydrogen (secondary N) is 4. The second-order valence-electron chi connectivity index (χ2n) is 6.50. The number of amides is 4. The number of carbonyl (C=O) groups excluding carboxylic acids is 3. The van der Waals surface area contributed by atoms with Gasteiger partial charge in [-0.05, 0) is 39.5 Å². The van der Waals surface area contributed by atoms with Crippen LogP contribution >= 0.6 is 0 Å². The second-order valence-corrected chi connectivity index (χ2v) is 6.50. The molecule has 9 nitrogen and oxygen atoms in total. The highest BCUT2D eigenvalue weighted by molar-refractivity contribution is 6.07. The van der Waals surface area contributed by atoms with Crippen LogP contribution in [0.15, 0.2) is 4.99 Å². The number of hydrogen-bond acceptors (Lipinski definition) is 4. The van der Waals surface area contributed by atoms with Crippen molar-refractivity contribution in [3.8, 4) is 0 Å². The first kappa shape index (κ1) is 19.0. The molecule has 4 N–H and O–H groups in total. The van der Waals surface area contributed by atoms with Gasteiger partial charge in [0.05, 0.1) is 0 Å².